The maximum absolute atomic E-state index is 11.3. The molecule has 0 spiro atoms. The summed E-state index contributed by atoms with van der Waals surface area (Å²) < 4.78 is 0.820. The number of nitrogens with one attached hydrogen (secondary N) is 1. The quantitative estimate of drug-likeness (QED) is 0.758. The maximum Gasteiger partial charge on any atom is 0.321 e. The van der Waals surface area contributed by atoms with Gasteiger partial charge in [-0.2, -0.15) is 0 Å². The molecule has 0 aliphatic rings. The van der Waals surface area contributed by atoms with E-state index in [2.05, 4.69) is 21.2 Å². The summed E-state index contributed by atoms with van der Waals surface area (Å²) in [5.74, 6) is 0. The van der Waals surface area contributed by atoms with Crippen LogP contribution in [0.3, 0.4) is 0 Å². The van der Waals surface area contributed by atoms with Crippen molar-refractivity contribution in [3.05, 3.63) is 22.7 Å². The van der Waals surface area contributed by atoms with Crippen LogP contribution in [0, 0.1) is 0 Å². The zero-order chi connectivity index (χ0) is 10.7. The third kappa shape index (κ3) is 2.63. The van der Waals surface area contributed by atoms with E-state index in [9.17, 15) is 4.79 Å². The Morgan fingerprint density at radius 1 is 1.50 bits per heavy atom. The molecule has 5 heteroatoms. The molecule has 0 atom stereocenters. The number of benzene rings is 1. The number of anilines is 2. The molecule has 0 aromatic heterocycles. The summed E-state index contributed by atoms with van der Waals surface area (Å²) in [6.07, 6.45) is 0. The number of nitrogens with zero attached hydrogens (tertiary/aromatic N) is 1. The van der Waals surface area contributed by atoms with Gasteiger partial charge in [-0.25, -0.2) is 4.79 Å². The summed E-state index contributed by atoms with van der Waals surface area (Å²) >= 11 is 3.28. The minimum atomic E-state index is -0.174. The molecular weight excluding hydrogens is 246 g/mol. The Morgan fingerprint density at radius 2 is 2.14 bits per heavy atom. The Kier molecular flexibility index (Phi) is 3.35. The third-order valence-electron chi connectivity index (χ3n) is 1.65. The molecule has 1 aromatic carbocycles. The van der Waals surface area contributed by atoms with Crippen LogP contribution in [0.1, 0.15) is 0 Å². The fourth-order valence-corrected chi connectivity index (χ4v) is 1.10. The number of hydrogen-bond donors (Lipinski definition) is 2. The van der Waals surface area contributed by atoms with E-state index in [1.807, 2.05) is 0 Å². The lowest BCUT2D eigenvalue weighted by Crippen LogP contribution is -2.27. The van der Waals surface area contributed by atoms with Gasteiger partial charge in [-0.15, -0.1) is 0 Å². The second-order valence-corrected chi connectivity index (χ2v) is 3.92. The number of urea groups is 1. The highest BCUT2D eigenvalue weighted by atomic mass is 79.9. The topological polar surface area (TPSA) is 58.4 Å². The van der Waals surface area contributed by atoms with Crippen molar-refractivity contribution in [2.75, 3.05) is 25.1 Å². The van der Waals surface area contributed by atoms with Crippen LogP contribution in [0.5, 0.6) is 0 Å². The molecule has 76 valence electrons. The molecule has 0 aliphatic carbocycles. The van der Waals surface area contributed by atoms with E-state index in [-0.39, 0.29) is 6.03 Å². The Bertz CT molecular complexity index is 352. The molecule has 0 bridgehead atoms. The molecule has 14 heavy (non-hydrogen) atoms. The number of halogens is 1. The lowest BCUT2D eigenvalue weighted by atomic mass is 10.3. The van der Waals surface area contributed by atoms with E-state index in [0.29, 0.717) is 11.4 Å². The zero-order valence-electron chi connectivity index (χ0n) is 8.04. The number of nitrogens with two attached hydrogens (primary N) is 1. The summed E-state index contributed by atoms with van der Waals surface area (Å²) in [5.41, 5.74) is 6.94. The molecule has 4 nitrogen and oxygen atoms in total. The van der Waals surface area contributed by atoms with Gasteiger partial charge in [0.1, 0.15) is 0 Å². The first-order valence-corrected chi connectivity index (χ1v) is 4.83. The molecular formula is C9H12BrN3O. The van der Waals surface area contributed by atoms with Gasteiger partial charge in [-0.05, 0) is 34.1 Å². The average molecular weight is 258 g/mol. The van der Waals surface area contributed by atoms with Crippen LogP contribution in [0.4, 0.5) is 16.2 Å². The molecule has 2 amide bonds. The lowest BCUT2D eigenvalue weighted by molar-refractivity contribution is 0.230. The van der Waals surface area contributed by atoms with Crippen molar-refractivity contribution in [2.45, 2.75) is 0 Å². The maximum atomic E-state index is 11.3. The Morgan fingerprint density at radius 3 is 2.64 bits per heavy atom. The second kappa shape index (κ2) is 4.32. The Hall–Kier alpha value is -1.23. The minimum absolute atomic E-state index is 0.174. The number of hydrogen-bond acceptors (Lipinski definition) is 2. The second-order valence-electron chi connectivity index (χ2n) is 3.06. The highest BCUT2D eigenvalue weighted by Crippen LogP contribution is 2.22. The zero-order valence-corrected chi connectivity index (χ0v) is 9.63. The predicted molar refractivity (Wildman–Crippen MR) is 61.3 cm³/mol. The molecule has 3 N–H and O–H groups in total. The summed E-state index contributed by atoms with van der Waals surface area (Å²) in [4.78, 5) is 12.7. The largest absolute Gasteiger partial charge is 0.398 e. The summed E-state index contributed by atoms with van der Waals surface area (Å²) in [7, 11) is 3.36. The van der Waals surface area contributed by atoms with Gasteiger partial charge >= 0.3 is 6.03 Å². The van der Waals surface area contributed by atoms with Gasteiger partial charge < -0.3 is 16.0 Å². The first-order valence-electron chi connectivity index (χ1n) is 4.04. The fraction of sp³-hybridized carbons (Fsp3) is 0.222. The van der Waals surface area contributed by atoms with Gasteiger partial charge in [0, 0.05) is 29.9 Å². The molecule has 0 fully saturated rings. The standard InChI is InChI=1S/C9H12BrN3O/c1-13(2)9(14)12-6-3-4-7(10)8(11)5-6/h3-5H,11H2,1-2H3,(H,12,14). The summed E-state index contributed by atoms with van der Waals surface area (Å²) in [5, 5.41) is 2.70. The van der Waals surface area contributed by atoms with Crippen molar-refractivity contribution >= 4 is 33.3 Å². The Labute approximate surface area is 91.2 Å². The van der Waals surface area contributed by atoms with E-state index in [1.165, 1.54) is 4.90 Å². The van der Waals surface area contributed by atoms with Crippen LogP contribution in [0.2, 0.25) is 0 Å². The Balaban J connectivity index is 2.78. The number of carbonyl (C=O) groups is 1. The molecule has 0 radical (unpaired) electrons. The van der Waals surface area contributed by atoms with Crippen LogP contribution in [0.15, 0.2) is 22.7 Å². The van der Waals surface area contributed by atoms with Crippen LogP contribution in [-0.4, -0.2) is 25.0 Å². The number of carbonyl (C=O) groups excluding carboxylic acids is 1. The van der Waals surface area contributed by atoms with Gasteiger partial charge in [0.2, 0.25) is 0 Å². The summed E-state index contributed by atoms with van der Waals surface area (Å²) in [6.45, 7) is 0. The normalized spacial score (nSPS) is 9.64. The molecule has 0 aliphatic heterocycles. The molecule has 1 aromatic rings. The van der Waals surface area contributed by atoms with E-state index in [1.54, 1.807) is 32.3 Å². The molecule has 0 saturated carbocycles. The molecule has 0 heterocycles. The van der Waals surface area contributed by atoms with Crippen molar-refractivity contribution < 1.29 is 4.79 Å². The van der Waals surface area contributed by atoms with Crippen molar-refractivity contribution in [1.29, 1.82) is 0 Å². The fourth-order valence-electron chi connectivity index (χ4n) is 0.857. The first-order chi connectivity index (χ1) is 6.50. The molecule has 0 saturated heterocycles. The minimum Gasteiger partial charge on any atom is -0.398 e. The highest BCUT2D eigenvalue weighted by molar-refractivity contribution is 9.10. The number of amides is 2. The van der Waals surface area contributed by atoms with Crippen molar-refractivity contribution in [2.24, 2.45) is 0 Å². The van der Waals surface area contributed by atoms with E-state index < -0.39 is 0 Å². The van der Waals surface area contributed by atoms with Crippen molar-refractivity contribution in [3.8, 4) is 0 Å². The van der Waals surface area contributed by atoms with Gasteiger partial charge in [0.25, 0.3) is 0 Å². The first kappa shape index (κ1) is 10.8. The highest BCUT2D eigenvalue weighted by Gasteiger charge is 2.04. The number of rotatable bonds is 1. The van der Waals surface area contributed by atoms with Crippen LogP contribution in [-0.2, 0) is 0 Å². The average Bonchev–Trinajstić information content (AvgIpc) is 2.11. The monoisotopic (exact) mass is 257 g/mol. The van der Waals surface area contributed by atoms with Gasteiger partial charge in [0.05, 0.1) is 0 Å². The van der Waals surface area contributed by atoms with Crippen LogP contribution >= 0.6 is 15.9 Å². The van der Waals surface area contributed by atoms with Crippen LogP contribution in [0.25, 0.3) is 0 Å². The third-order valence-corrected chi connectivity index (χ3v) is 2.38. The van der Waals surface area contributed by atoms with Crippen molar-refractivity contribution in [1.82, 2.24) is 4.90 Å². The van der Waals surface area contributed by atoms with E-state index >= 15 is 0 Å². The molecule has 1 rings (SSSR count). The van der Waals surface area contributed by atoms with Gasteiger partial charge in [-0.3, -0.25) is 0 Å². The van der Waals surface area contributed by atoms with Crippen LogP contribution < -0.4 is 11.1 Å². The van der Waals surface area contributed by atoms with E-state index in [4.69, 9.17) is 5.73 Å². The van der Waals surface area contributed by atoms with Gasteiger partial charge in [0.15, 0.2) is 0 Å². The smallest absolute Gasteiger partial charge is 0.321 e. The molecule has 0 unspecified atom stereocenters. The number of nitrogen functional groups attached to an aromatic ring is 1. The lowest BCUT2D eigenvalue weighted by Gasteiger charge is -2.12. The van der Waals surface area contributed by atoms with Gasteiger partial charge in [-0.1, -0.05) is 0 Å². The van der Waals surface area contributed by atoms with E-state index in [0.717, 1.165) is 4.47 Å². The van der Waals surface area contributed by atoms with Crippen molar-refractivity contribution in [3.63, 3.8) is 0 Å². The summed E-state index contributed by atoms with van der Waals surface area (Å²) in [6, 6.07) is 5.10. The predicted octanol–water partition coefficient (Wildman–Crippen LogP) is 2.12. The SMILES string of the molecule is CN(C)C(=O)Nc1ccc(Br)c(N)c1.